The van der Waals surface area contributed by atoms with Crippen LogP contribution in [0.25, 0.3) is 11.8 Å². The van der Waals surface area contributed by atoms with E-state index in [0.717, 1.165) is 5.56 Å². The maximum Gasteiger partial charge on any atom is 0.271 e. The molecule has 1 aliphatic heterocycles. The number of carbonyl (C=O) groups excluding carboxylic acids is 1. The van der Waals surface area contributed by atoms with E-state index < -0.39 is 0 Å². The zero-order chi connectivity index (χ0) is 16.1. The first-order valence-corrected chi connectivity index (χ1v) is 7.57. The Morgan fingerprint density at radius 3 is 2.39 bits per heavy atom. The van der Waals surface area contributed by atoms with Gasteiger partial charge in [0.05, 0.1) is 13.2 Å². The highest BCUT2D eigenvalue weighted by Gasteiger charge is 2.22. The minimum atomic E-state index is -0.226. The number of ether oxygens (including phenoxy) is 1. The van der Waals surface area contributed by atoms with Crippen LogP contribution in [0.5, 0.6) is 0 Å². The number of hydrogen-bond acceptors (Lipinski definition) is 3. The van der Waals surface area contributed by atoms with Crippen LogP contribution in [0.4, 0.5) is 0 Å². The number of amides is 1. The Morgan fingerprint density at radius 2 is 1.70 bits per heavy atom. The van der Waals surface area contributed by atoms with Crippen molar-refractivity contribution in [1.29, 1.82) is 0 Å². The van der Waals surface area contributed by atoms with Gasteiger partial charge in [0.2, 0.25) is 0 Å². The van der Waals surface area contributed by atoms with Gasteiger partial charge < -0.3 is 9.64 Å². The SMILES string of the molecule is O=C(C(=Cc1ccccc1)n1ccccc1=O)N1CCOCC1. The summed E-state index contributed by atoms with van der Waals surface area (Å²) in [6, 6.07) is 14.4. The average Bonchev–Trinajstić information content (AvgIpc) is 2.61. The predicted octanol–water partition coefficient (Wildman–Crippen LogP) is 1.71. The summed E-state index contributed by atoms with van der Waals surface area (Å²) in [5.74, 6) is -0.162. The van der Waals surface area contributed by atoms with E-state index in [0.29, 0.717) is 32.0 Å². The van der Waals surface area contributed by atoms with Gasteiger partial charge in [-0.1, -0.05) is 36.4 Å². The second kappa shape index (κ2) is 7.07. The van der Waals surface area contributed by atoms with Gasteiger partial charge in [-0.25, -0.2) is 0 Å². The molecule has 1 aromatic heterocycles. The number of morpholine rings is 1. The van der Waals surface area contributed by atoms with Crippen molar-refractivity contribution in [3.05, 3.63) is 70.6 Å². The molecule has 1 aliphatic rings. The fourth-order valence-electron chi connectivity index (χ4n) is 2.50. The van der Waals surface area contributed by atoms with Crippen LogP contribution < -0.4 is 5.56 Å². The molecule has 2 aromatic rings. The van der Waals surface area contributed by atoms with Gasteiger partial charge in [0, 0.05) is 25.4 Å². The summed E-state index contributed by atoms with van der Waals surface area (Å²) in [7, 11) is 0. The molecular formula is C18H18N2O3. The maximum atomic E-state index is 12.9. The molecule has 0 unspecified atom stereocenters. The predicted molar refractivity (Wildman–Crippen MR) is 88.7 cm³/mol. The Morgan fingerprint density at radius 1 is 1.00 bits per heavy atom. The normalized spacial score (nSPS) is 15.5. The minimum absolute atomic E-state index is 0.162. The molecule has 0 aliphatic carbocycles. The molecule has 1 aromatic carbocycles. The van der Waals surface area contributed by atoms with E-state index in [1.165, 1.54) is 10.6 Å². The van der Waals surface area contributed by atoms with Crippen LogP contribution in [0.2, 0.25) is 0 Å². The van der Waals surface area contributed by atoms with Gasteiger partial charge in [0.25, 0.3) is 11.5 Å². The Kier molecular flexibility index (Phi) is 4.68. The fraction of sp³-hybridized carbons (Fsp3) is 0.222. The molecule has 0 saturated carbocycles. The van der Waals surface area contributed by atoms with Gasteiger partial charge >= 0.3 is 0 Å². The Hall–Kier alpha value is -2.66. The van der Waals surface area contributed by atoms with Gasteiger partial charge in [-0.05, 0) is 17.7 Å². The lowest BCUT2D eigenvalue weighted by Gasteiger charge is -2.28. The molecule has 23 heavy (non-hydrogen) atoms. The van der Waals surface area contributed by atoms with Crippen molar-refractivity contribution in [2.75, 3.05) is 26.3 Å². The van der Waals surface area contributed by atoms with Crippen molar-refractivity contribution < 1.29 is 9.53 Å². The van der Waals surface area contributed by atoms with Gasteiger partial charge in [0.15, 0.2) is 0 Å². The summed E-state index contributed by atoms with van der Waals surface area (Å²) >= 11 is 0. The molecule has 5 nitrogen and oxygen atoms in total. The van der Waals surface area contributed by atoms with E-state index in [2.05, 4.69) is 0 Å². The summed E-state index contributed by atoms with van der Waals surface area (Å²) in [4.78, 5) is 26.8. The van der Waals surface area contributed by atoms with E-state index in [1.807, 2.05) is 30.3 Å². The summed E-state index contributed by atoms with van der Waals surface area (Å²) in [6.07, 6.45) is 3.37. The second-order valence-electron chi connectivity index (χ2n) is 5.25. The Balaban J connectivity index is 2.03. The van der Waals surface area contributed by atoms with Crippen molar-refractivity contribution in [3.63, 3.8) is 0 Å². The summed E-state index contributed by atoms with van der Waals surface area (Å²) < 4.78 is 6.69. The summed E-state index contributed by atoms with van der Waals surface area (Å²) in [6.45, 7) is 2.11. The van der Waals surface area contributed by atoms with Crippen LogP contribution >= 0.6 is 0 Å². The highest BCUT2D eigenvalue weighted by Crippen LogP contribution is 2.14. The van der Waals surface area contributed by atoms with Crippen LogP contribution in [0.15, 0.2) is 59.5 Å². The molecule has 3 rings (SSSR count). The summed E-state index contributed by atoms with van der Waals surface area (Å²) in [5, 5.41) is 0. The average molecular weight is 310 g/mol. The first kappa shape index (κ1) is 15.2. The number of nitrogens with zero attached hydrogens (tertiary/aromatic N) is 2. The highest BCUT2D eigenvalue weighted by atomic mass is 16.5. The van der Waals surface area contributed by atoms with Crippen LogP contribution in [0.3, 0.4) is 0 Å². The molecule has 0 N–H and O–H groups in total. The number of aromatic nitrogens is 1. The van der Waals surface area contributed by atoms with Crippen LogP contribution in [-0.2, 0) is 9.53 Å². The van der Waals surface area contributed by atoms with Gasteiger partial charge in [-0.15, -0.1) is 0 Å². The van der Waals surface area contributed by atoms with E-state index in [4.69, 9.17) is 4.74 Å². The third kappa shape index (κ3) is 3.57. The third-order valence-electron chi connectivity index (χ3n) is 3.70. The lowest BCUT2D eigenvalue weighted by molar-refractivity contribution is -0.129. The Bertz CT molecular complexity index is 759. The molecule has 2 heterocycles. The summed E-state index contributed by atoms with van der Waals surface area (Å²) in [5.41, 5.74) is 1.000. The maximum absolute atomic E-state index is 12.9. The topological polar surface area (TPSA) is 51.5 Å². The number of benzene rings is 1. The molecule has 1 saturated heterocycles. The third-order valence-corrected chi connectivity index (χ3v) is 3.70. The zero-order valence-corrected chi connectivity index (χ0v) is 12.7. The van der Waals surface area contributed by atoms with Gasteiger partial charge in [0.1, 0.15) is 5.70 Å². The first-order valence-electron chi connectivity index (χ1n) is 7.57. The number of pyridine rings is 1. The van der Waals surface area contributed by atoms with Gasteiger partial charge in [-0.2, -0.15) is 0 Å². The lowest BCUT2D eigenvalue weighted by Crippen LogP contribution is -2.42. The van der Waals surface area contributed by atoms with Crippen LogP contribution in [-0.4, -0.2) is 41.7 Å². The smallest absolute Gasteiger partial charge is 0.271 e. The molecule has 0 spiro atoms. The van der Waals surface area contributed by atoms with Crippen molar-refractivity contribution >= 4 is 17.7 Å². The largest absolute Gasteiger partial charge is 0.378 e. The van der Waals surface area contributed by atoms with E-state index in [-0.39, 0.29) is 11.5 Å². The van der Waals surface area contributed by atoms with Crippen molar-refractivity contribution in [2.24, 2.45) is 0 Å². The Labute approximate surface area is 134 Å². The number of carbonyl (C=O) groups is 1. The molecule has 118 valence electrons. The molecule has 0 radical (unpaired) electrons. The first-order chi connectivity index (χ1) is 11.3. The van der Waals surface area contributed by atoms with E-state index >= 15 is 0 Å². The lowest BCUT2D eigenvalue weighted by atomic mass is 10.1. The molecule has 5 heteroatoms. The highest BCUT2D eigenvalue weighted by molar-refractivity contribution is 6.18. The molecule has 0 atom stereocenters. The molecule has 1 amide bonds. The standard InChI is InChI=1S/C18H18N2O3/c21-17-8-4-5-9-20(17)16(14-15-6-2-1-3-7-15)18(22)19-10-12-23-13-11-19/h1-9,14H,10-13H2. The molecular weight excluding hydrogens is 292 g/mol. The van der Waals surface area contributed by atoms with Crippen LogP contribution in [0.1, 0.15) is 5.56 Å². The fourth-order valence-corrected chi connectivity index (χ4v) is 2.50. The molecule has 1 fully saturated rings. The van der Waals surface area contributed by atoms with E-state index in [1.54, 1.807) is 29.3 Å². The van der Waals surface area contributed by atoms with Crippen molar-refractivity contribution in [2.45, 2.75) is 0 Å². The van der Waals surface area contributed by atoms with Gasteiger partial charge in [-0.3, -0.25) is 14.2 Å². The van der Waals surface area contributed by atoms with Crippen molar-refractivity contribution in [3.8, 4) is 0 Å². The monoisotopic (exact) mass is 310 g/mol. The van der Waals surface area contributed by atoms with Crippen LogP contribution in [0, 0.1) is 0 Å². The number of rotatable bonds is 3. The van der Waals surface area contributed by atoms with Crippen molar-refractivity contribution in [1.82, 2.24) is 9.47 Å². The minimum Gasteiger partial charge on any atom is -0.378 e. The zero-order valence-electron chi connectivity index (χ0n) is 12.7. The van der Waals surface area contributed by atoms with E-state index in [9.17, 15) is 9.59 Å². The quantitative estimate of drug-likeness (QED) is 0.811. The second-order valence-corrected chi connectivity index (χ2v) is 5.25. The molecule has 0 bridgehead atoms. The number of hydrogen-bond donors (Lipinski definition) is 0.